The van der Waals surface area contributed by atoms with Gasteiger partial charge in [0.05, 0.1) is 5.52 Å². The molecular formula is C14H19N. The fourth-order valence-electron chi connectivity index (χ4n) is 2.33. The van der Waals surface area contributed by atoms with Crippen LogP contribution in [-0.2, 0) is 13.5 Å². The smallest absolute Gasteiger partial charge is 0.0515 e. The second kappa shape index (κ2) is 3.73. The Morgan fingerprint density at radius 2 is 2.00 bits per heavy atom. The number of aryl methyl sites for hydroxylation is 2. The summed E-state index contributed by atoms with van der Waals surface area (Å²) in [6.45, 7) is 6.73. The Balaban J connectivity index is 2.80. The van der Waals surface area contributed by atoms with Crippen LogP contribution in [0.2, 0.25) is 0 Å². The molecule has 1 nitrogen and oxygen atoms in total. The first kappa shape index (κ1) is 10.3. The predicted molar refractivity (Wildman–Crippen MR) is 66.4 cm³/mol. The lowest BCUT2D eigenvalue weighted by atomic mass is 9.99. The molecule has 0 unspecified atom stereocenters. The van der Waals surface area contributed by atoms with Gasteiger partial charge in [0, 0.05) is 18.6 Å². The van der Waals surface area contributed by atoms with E-state index in [9.17, 15) is 0 Å². The van der Waals surface area contributed by atoms with Crippen LogP contribution in [0, 0.1) is 0 Å². The zero-order valence-corrected chi connectivity index (χ0v) is 10.0. The molecule has 0 saturated heterocycles. The van der Waals surface area contributed by atoms with Crippen molar-refractivity contribution < 1.29 is 0 Å². The van der Waals surface area contributed by atoms with Crippen LogP contribution in [-0.4, -0.2) is 4.57 Å². The molecule has 1 heteroatoms. The Hall–Kier alpha value is -1.24. The number of para-hydroxylation sites is 1. The number of hydrogen-bond donors (Lipinski definition) is 0. The van der Waals surface area contributed by atoms with E-state index in [4.69, 9.17) is 0 Å². The fraction of sp³-hybridized carbons (Fsp3) is 0.429. The topological polar surface area (TPSA) is 4.93 Å². The summed E-state index contributed by atoms with van der Waals surface area (Å²) in [4.78, 5) is 0. The lowest BCUT2D eigenvalue weighted by molar-refractivity contribution is 0.856. The van der Waals surface area contributed by atoms with Gasteiger partial charge < -0.3 is 4.57 Å². The minimum atomic E-state index is 0.590. The summed E-state index contributed by atoms with van der Waals surface area (Å²) in [6.07, 6.45) is 3.37. The predicted octanol–water partition coefficient (Wildman–Crippen LogP) is 3.86. The summed E-state index contributed by atoms with van der Waals surface area (Å²) in [5.74, 6) is 0.590. The molecule has 2 rings (SSSR count). The third kappa shape index (κ3) is 1.56. The Morgan fingerprint density at radius 1 is 1.27 bits per heavy atom. The van der Waals surface area contributed by atoms with E-state index in [0.717, 1.165) is 6.42 Å². The molecule has 0 amide bonds. The van der Waals surface area contributed by atoms with E-state index >= 15 is 0 Å². The van der Waals surface area contributed by atoms with E-state index in [2.05, 4.69) is 56.8 Å². The number of fused-ring (bicyclic) bond motifs is 1. The van der Waals surface area contributed by atoms with Crippen LogP contribution in [0.15, 0.2) is 24.4 Å². The lowest BCUT2D eigenvalue weighted by Gasteiger charge is -2.09. The summed E-state index contributed by atoms with van der Waals surface area (Å²) < 4.78 is 2.27. The lowest BCUT2D eigenvalue weighted by Crippen LogP contribution is -1.93. The maximum atomic E-state index is 2.27. The van der Waals surface area contributed by atoms with Crippen LogP contribution in [0.3, 0.4) is 0 Å². The highest BCUT2D eigenvalue weighted by Crippen LogP contribution is 2.28. The average molecular weight is 201 g/mol. The van der Waals surface area contributed by atoms with Crippen molar-refractivity contribution in [1.82, 2.24) is 4.57 Å². The van der Waals surface area contributed by atoms with Gasteiger partial charge >= 0.3 is 0 Å². The highest BCUT2D eigenvalue weighted by Gasteiger charge is 2.10. The van der Waals surface area contributed by atoms with Crippen molar-refractivity contribution >= 4 is 10.9 Å². The average Bonchev–Trinajstić information content (AvgIpc) is 2.55. The van der Waals surface area contributed by atoms with Crippen LogP contribution in [0.1, 0.15) is 37.8 Å². The van der Waals surface area contributed by atoms with Crippen LogP contribution < -0.4 is 0 Å². The van der Waals surface area contributed by atoms with Gasteiger partial charge in [-0.25, -0.2) is 0 Å². The minimum absolute atomic E-state index is 0.590. The number of rotatable bonds is 2. The zero-order chi connectivity index (χ0) is 11.0. The number of nitrogens with zero attached hydrogens (tertiary/aromatic N) is 1. The van der Waals surface area contributed by atoms with Crippen LogP contribution >= 0.6 is 0 Å². The summed E-state index contributed by atoms with van der Waals surface area (Å²) in [5, 5.41) is 1.42. The molecule has 2 aromatic rings. The molecule has 80 valence electrons. The van der Waals surface area contributed by atoms with Crippen molar-refractivity contribution in [2.24, 2.45) is 7.05 Å². The molecular weight excluding hydrogens is 182 g/mol. The fourth-order valence-corrected chi connectivity index (χ4v) is 2.33. The van der Waals surface area contributed by atoms with Gasteiger partial charge in [0.15, 0.2) is 0 Å². The van der Waals surface area contributed by atoms with Gasteiger partial charge in [-0.2, -0.15) is 0 Å². The van der Waals surface area contributed by atoms with Crippen LogP contribution in [0.4, 0.5) is 0 Å². The molecule has 1 aromatic carbocycles. The maximum Gasteiger partial charge on any atom is 0.0515 e. The van der Waals surface area contributed by atoms with Gasteiger partial charge in [0.2, 0.25) is 0 Å². The molecule has 0 N–H and O–H groups in total. The molecule has 0 fully saturated rings. The highest BCUT2D eigenvalue weighted by atomic mass is 14.9. The van der Waals surface area contributed by atoms with Crippen LogP contribution in [0.5, 0.6) is 0 Å². The SMILES string of the molecule is CCc1cn(C)c2c(C(C)C)cccc12. The van der Waals surface area contributed by atoms with E-state index in [1.807, 2.05) is 0 Å². The Morgan fingerprint density at radius 3 is 2.60 bits per heavy atom. The van der Waals surface area contributed by atoms with Gasteiger partial charge in [-0.1, -0.05) is 39.0 Å². The first-order valence-electron chi connectivity index (χ1n) is 5.72. The molecule has 0 aliphatic heterocycles. The molecule has 15 heavy (non-hydrogen) atoms. The monoisotopic (exact) mass is 201 g/mol. The third-order valence-corrected chi connectivity index (χ3v) is 3.12. The molecule has 0 aliphatic rings. The van der Waals surface area contributed by atoms with Crippen molar-refractivity contribution in [2.75, 3.05) is 0 Å². The largest absolute Gasteiger partial charge is 0.350 e. The molecule has 0 bridgehead atoms. The Labute approximate surface area is 91.7 Å². The van der Waals surface area contributed by atoms with Crippen molar-refractivity contribution in [3.05, 3.63) is 35.5 Å². The van der Waals surface area contributed by atoms with Gasteiger partial charge in [0.1, 0.15) is 0 Å². The first-order chi connectivity index (χ1) is 7.15. The van der Waals surface area contributed by atoms with E-state index in [0.29, 0.717) is 5.92 Å². The van der Waals surface area contributed by atoms with Crippen molar-refractivity contribution in [3.8, 4) is 0 Å². The quantitative estimate of drug-likeness (QED) is 0.695. The van der Waals surface area contributed by atoms with Crippen molar-refractivity contribution in [2.45, 2.75) is 33.1 Å². The molecule has 1 aromatic heterocycles. The third-order valence-electron chi connectivity index (χ3n) is 3.12. The highest BCUT2D eigenvalue weighted by molar-refractivity contribution is 5.87. The standard InChI is InChI=1S/C14H19N/c1-5-11-9-15(4)14-12(10(2)3)7-6-8-13(11)14/h6-10H,5H2,1-4H3. The molecule has 0 radical (unpaired) electrons. The second-order valence-corrected chi connectivity index (χ2v) is 4.52. The van der Waals surface area contributed by atoms with Crippen LogP contribution in [0.25, 0.3) is 10.9 Å². The van der Waals surface area contributed by atoms with Gasteiger partial charge in [0.25, 0.3) is 0 Å². The van der Waals surface area contributed by atoms with E-state index in [-0.39, 0.29) is 0 Å². The molecule has 0 spiro atoms. The van der Waals surface area contributed by atoms with Crippen molar-refractivity contribution in [1.29, 1.82) is 0 Å². The molecule has 0 atom stereocenters. The molecule has 0 aliphatic carbocycles. The first-order valence-corrected chi connectivity index (χ1v) is 5.72. The number of benzene rings is 1. The van der Waals surface area contributed by atoms with Gasteiger partial charge in [-0.15, -0.1) is 0 Å². The molecule has 0 saturated carbocycles. The molecule has 1 heterocycles. The van der Waals surface area contributed by atoms with Gasteiger partial charge in [-0.05, 0) is 23.5 Å². The van der Waals surface area contributed by atoms with E-state index < -0.39 is 0 Å². The second-order valence-electron chi connectivity index (χ2n) is 4.52. The van der Waals surface area contributed by atoms with Crippen molar-refractivity contribution in [3.63, 3.8) is 0 Å². The zero-order valence-electron chi connectivity index (χ0n) is 10.0. The summed E-state index contributed by atoms with van der Waals surface area (Å²) in [7, 11) is 2.15. The minimum Gasteiger partial charge on any atom is -0.350 e. The van der Waals surface area contributed by atoms with Gasteiger partial charge in [-0.3, -0.25) is 0 Å². The summed E-state index contributed by atoms with van der Waals surface area (Å²) in [5.41, 5.74) is 4.31. The summed E-state index contributed by atoms with van der Waals surface area (Å²) in [6, 6.07) is 6.66. The number of aromatic nitrogens is 1. The maximum absolute atomic E-state index is 2.27. The Bertz CT molecular complexity index is 477. The summed E-state index contributed by atoms with van der Waals surface area (Å²) >= 11 is 0. The van der Waals surface area contributed by atoms with E-state index in [1.165, 1.54) is 22.0 Å². The normalized spacial score (nSPS) is 11.5. The Kier molecular flexibility index (Phi) is 2.56. The van der Waals surface area contributed by atoms with E-state index in [1.54, 1.807) is 0 Å². The number of hydrogen-bond acceptors (Lipinski definition) is 0.